The molecule has 2 aromatic rings. The van der Waals surface area contributed by atoms with Crippen molar-refractivity contribution in [2.45, 2.75) is 61.9 Å². The molecule has 2 aliphatic heterocycles. The number of carbonyl (C=O) groups is 3. The number of benzene rings is 2. The molecule has 2 saturated heterocycles. The molecule has 0 amide bonds. The fraction of sp³-hybridized carbons (Fsp3) is 0.483. The summed E-state index contributed by atoms with van der Waals surface area (Å²) < 4.78 is 76.4. The van der Waals surface area contributed by atoms with E-state index in [-0.39, 0.29) is 71.5 Å². The molecule has 0 bridgehead atoms. The van der Waals surface area contributed by atoms with Crippen molar-refractivity contribution >= 4 is 37.8 Å². The Labute approximate surface area is 257 Å². The summed E-state index contributed by atoms with van der Waals surface area (Å²) in [6.07, 6.45) is -1.16. The number of esters is 2. The zero-order valence-corrected chi connectivity index (χ0v) is 26.5. The number of nitrogens with zero attached hydrogens (tertiary/aromatic N) is 2. The number of Topliss-reactive ketones (excluding diaryl/α,β-unsaturated/α-hetero) is 1. The summed E-state index contributed by atoms with van der Waals surface area (Å²) in [6.45, 7) is 6.30. The Bertz CT molecular complexity index is 1470. The molecule has 44 heavy (non-hydrogen) atoms. The van der Waals surface area contributed by atoms with Crippen molar-refractivity contribution in [3.63, 3.8) is 0 Å². The quantitative estimate of drug-likeness (QED) is 0.344. The van der Waals surface area contributed by atoms with Gasteiger partial charge >= 0.3 is 11.9 Å². The number of ether oxygens (including phenoxy) is 4. The highest BCUT2D eigenvalue weighted by molar-refractivity contribution is 7.89. The van der Waals surface area contributed by atoms with E-state index in [9.17, 15) is 31.2 Å². The van der Waals surface area contributed by atoms with E-state index in [1.54, 1.807) is 27.7 Å². The first-order valence-corrected chi connectivity index (χ1v) is 16.9. The molecule has 4 unspecified atom stereocenters. The van der Waals surface area contributed by atoms with Gasteiger partial charge in [0.2, 0.25) is 25.8 Å². The van der Waals surface area contributed by atoms with Crippen LogP contribution in [0.5, 0.6) is 0 Å². The first-order valence-electron chi connectivity index (χ1n) is 14.0. The predicted molar refractivity (Wildman–Crippen MR) is 156 cm³/mol. The zero-order chi connectivity index (χ0) is 32.2. The van der Waals surface area contributed by atoms with Gasteiger partial charge in [0.25, 0.3) is 0 Å². The highest BCUT2D eigenvalue weighted by Crippen LogP contribution is 2.24. The van der Waals surface area contributed by atoms with Crippen LogP contribution in [-0.4, -0.2) is 107 Å². The molecule has 2 aliphatic rings. The average molecular weight is 653 g/mol. The minimum absolute atomic E-state index is 0.0766. The van der Waals surface area contributed by atoms with Crippen LogP contribution in [0.15, 0.2) is 58.3 Å². The largest absolute Gasteiger partial charge is 0.454 e. The van der Waals surface area contributed by atoms with Gasteiger partial charge in [-0.1, -0.05) is 12.1 Å². The third kappa shape index (κ3) is 8.08. The number of hydrogen-bond acceptors (Lipinski definition) is 11. The lowest BCUT2D eigenvalue weighted by Gasteiger charge is -2.34. The third-order valence-corrected chi connectivity index (χ3v) is 10.6. The van der Waals surface area contributed by atoms with Gasteiger partial charge in [-0.3, -0.25) is 4.79 Å². The highest BCUT2D eigenvalue weighted by atomic mass is 32.2. The van der Waals surface area contributed by atoms with Crippen LogP contribution >= 0.6 is 0 Å². The van der Waals surface area contributed by atoms with Crippen molar-refractivity contribution in [3.05, 3.63) is 59.7 Å². The van der Waals surface area contributed by atoms with Gasteiger partial charge < -0.3 is 18.9 Å². The molecule has 0 aromatic heterocycles. The summed E-state index contributed by atoms with van der Waals surface area (Å²) >= 11 is 0. The van der Waals surface area contributed by atoms with Crippen LogP contribution < -0.4 is 0 Å². The lowest BCUT2D eigenvalue weighted by molar-refractivity contribution is -0.125. The molecule has 0 aliphatic carbocycles. The molecular weight excluding hydrogens is 616 g/mol. The van der Waals surface area contributed by atoms with Crippen molar-refractivity contribution in [1.82, 2.24) is 8.61 Å². The molecule has 4 rings (SSSR count). The lowest BCUT2D eigenvalue weighted by atomic mass is 10.2. The topological polar surface area (TPSA) is 163 Å². The number of morpholine rings is 2. The van der Waals surface area contributed by atoms with E-state index in [4.69, 9.17) is 18.9 Å². The van der Waals surface area contributed by atoms with Gasteiger partial charge in [-0.2, -0.15) is 8.61 Å². The molecule has 13 nitrogen and oxygen atoms in total. The summed E-state index contributed by atoms with van der Waals surface area (Å²) in [4.78, 5) is 37.3. The fourth-order valence-electron chi connectivity index (χ4n) is 5.02. The monoisotopic (exact) mass is 652 g/mol. The summed E-state index contributed by atoms with van der Waals surface area (Å²) in [5.41, 5.74) is -0.153. The Morgan fingerprint density at radius 3 is 1.34 bits per heavy atom. The first-order chi connectivity index (χ1) is 20.7. The van der Waals surface area contributed by atoms with Crippen molar-refractivity contribution in [1.29, 1.82) is 0 Å². The van der Waals surface area contributed by atoms with Crippen LogP contribution in [0.2, 0.25) is 0 Å². The van der Waals surface area contributed by atoms with E-state index >= 15 is 0 Å². The van der Waals surface area contributed by atoms with Crippen molar-refractivity contribution in [2.24, 2.45) is 0 Å². The minimum atomic E-state index is -3.91. The fourth-order valence-corrected chi connectivity index (χ4v) is 8.29. The Balaban J connectivity index is 1.32. The maximum atomic E-state index is 13.1. The second-order valence-corrected chi connectivity index (χ2v) is 14.8. The van der Waals surface area contributed by atoms with Crippen LogP contribution in [0.3, 0.4) is 0 Å². The van der Waals surface area contributed by atoms with Gasteiger partial charge in [0.1, 0.15) is 0 Å². The van der Waals surface area contributed by atoms with E-state index in [0.29, 0.717) is 0 Å². The van der Waals surface area contributed by atoms with E-state index in [0.717, 1.165) is 0 Å². The molecule has 2 aromatic carbocycles. The van der Waals surface area contributed by atoms with E-state index in [2.05, 4.69) is 0 Å². The maximum Gasteiger partial charge on any atom is 0.338 e. The lowest BCUT2D eigenvalue weighted by Crippen LogP contribution is -2.48. The molecule has 15 heteroatoms. The van der Waals surface area contributed by atoms with Crippen LogP contribution in [0.25, 0.3) is 0 Å². The van der Waals surface area contributed by atoms with E-state index < -0.39 is 51.0 Å². The minimum Gasteiger partial charge on any atom is -0.454 e. The second-order valence-electron chi connectivity index (χ2n) is 10.9. The first kappa shape index (κ1) is 33.7. The number of hydrogen-bond donors (Lipinski definition) is 0. The van der Waals surface area contributed by atoms with Gasteiger partial charge in [0.05, 0.1) is 45.3 Å². The van der Waals surface area contributed by atoms with Crippen molar-refractivity contribution in [3.8, 4) is 0 Å². The Morgan fingerprint density at radius 2 is 1.00 bits per heavy atom. The summed E-state index contributed by atoms with van der Waals surface area (Å²) in [6, 6.07) is 10.6. The molecule has 0 saturated carbocycles. The molecule has 0 radical (unpaired) electrons. The van der Waals surface area contributed by atoms with Gasteiger partial charge in [0, 0.05) is 26.2 Å². The predicted octanol–water partition coefficient (Wildman–Crippen LogP) is 1.87. The number of carbonyl (C=O) groups excluding carboxylic acids is 3. The molecule has 240 valence electrons. The third-order valence-electron chi connectivity index (χ3n) is 6.92. The van der Waals surface area contributed by atoms with Crippen molar-refractivity contribution < 1.29 is 50.2 Å². The van der Waals surface area contributed by atoms with Gasteiger partial charge in [-0.05, 0) is 64.1 Å². The van der Waals surface area contributed by atoms with Gasteiger partial charge in [-0.25, -0.2) is 26.4 Å². The number of sulfonamides is 2. The molecule has 2 fully saturated rings. The zero-order valence-electron chi connectivity index (χ0n) is 24.9. The molecule has 2 heterocycles. The van der Waals surface area contributed by atoms with Crippen LogP contribution in [0, 0.1) is 0 Å². The highest BCUT2D eigenvalue weighted by Gasteiger charge is 2.34. The summed E-state index contributed by atoms with van der Waals surface area (Å²) in [5, 5.41) is 0. The normalized spacial score (nSPS) is 23.5. The van der Waals surface area contributed by atoms with Crippen LogP contribution in [-0.2, 0) is 43.8 Å². The Hall–Kier alpha value is -3.21. The van der Waals surface area contributed by atoms with Crippen molar-refractivity contribution in [2.75, 3.05) is 39.4 Å². The van der Waals surface area contributed by atoms with Crippen LogP contribution in [0.1, 0.15) is 48.4 Å². The maximum absolute atomic E-state index is 13.1. The van der Waals surface area contributed by atoms with Crippen LogP contribution in [0.4, 0.5) is 0 Å². The van der Waals surface area contributed by atoms with E-state index in [1.807, 2.05) is 0 Å². The Morgan fingerprint density at radius 1 is 0.659 bits per heavy atom. The van der Waals surface area contributed by atoms with Gasteiger partial charge in [-0.15, -0.1) is 0 Å². The van der Waals surface area contributed by atoms with E-state index in [1.165, 1.54) is 57.1 Å². The molecule has 0 spiro atoms. The Kier molecular flexibility index (Phi) is 10.6. The molecule has 0 N–H and O–H groups in total. The molecule has 4 atom stereocenters. The summed E-state index contributed by atoms with van der Waals surface area (Å²) in [7, 11) is -7.82. The number of ketones is 1. The average Bonchev–Trinajstić information content (AvgIpc) is 2.97. The SMILES string of the molecule is CC1CN(S(=O)(=O)c2cccc(C(=O)OCC(=O)COC(=O)c3cccc(S(=O)(=O)N4CC(C)OC(C)C4)c3)c2)CC(C)O1. The molecular formula is C29H36N2O11S2. The second kappa shape index (κ2) is 13.8. The smallest absolute Gasteiger partial charge is 0.338 e. The standard InChI is InChI=1S/C29H36N2O11S2/c1-19-13-30(14-20(2)41-19)43(35,36)26-9-5-7-23(11-26)28(33)39-17-25(32)18-40-29(34)24-8-6-10-27(12-24)44(37,38)31-15-21(3)42-22(4)16-31/h5-12,19-22H,13-18H2,1-4H3. The van der Waals surface area contributed by atoms with Gasteiger partial charge in [0.15, 0.2) is 13.2 Å². The summed E-state index contributed by atoms with van der Waals surface area (Å²) in [5.74, 6) is -2.61. The number of rotatable bonds is 10.